The number of allylic oxidation sites excluding steroid dienone is 6. The van der Waals surface area contributed by atoms with Gasteiger partial charge in [0.15, 0.2) is 0 Å². The average Bonchev–Trinajstić information content (AvgIpc) is 3.37. The van der Waals surface area contributed by atoms with Crippen molar-refractivity contribution in [3.8, 4) is 22.5 Å². The van der Waals surface area contributed by atoms with Crippen molar-refractivity contribution < 1.29 is 0 Å². The Balaban J connectivity index is 0.805. The first-order valence-electron chi connectivity index (χ1n) is 22.3. The second kappa shape index (κ2) is 14.8. The van der Waals surface area contributed by atoms with Crippen LogP contribution in [0.1, 0.15) is 46.0 Å². The van der Waals surface area contributed by atoms with Crippen LogP contribution in [0.25, 0.3) is 78.1 Å². The molecular weight excluding hydrogens is 781 g/mol. The minimum absolute atomic E-state index is 0.0194. The third kappa shape index (κ3) is 6.13. The van der Waals surface area contributed by atoms with E-state index in [9.17, 15) is 0 Å². The van der Waals surface area contributed by atoms with Gasteiger partial charge in [0.25, 0.3) is 0 Å². The Morgan fingerprint density at radius 3 is 2.38 bits per heavy atom. The van der Waals surface area contributed by atoms with Crippen LogP contribution in [0.4, 0.5) is 5.69 Å². The van der Waals surface area contributed by atoms with Crippen molar-refractivity contribution >= 4 is 61.3 Å². The number of rotatable bonds is 5. The van der Waals surface area contributed by atoms with Gasteiger partial charge < -0.3 is 16.0 Å². The van der Waals surface area contributed by atoms with Crippen molar-refractivity contribution in [3.63, 3.8) is 0 Å². The molecule has 2 aliphatic carbocycles. The maximum absolute atomic E-state index is 5.43. The largest absolute Gasteiger partial charge is 0.379 e. The topological polar surface area (TPSA) is 74.8 Å². The molecule has 0 saturated heterocycles. The summed E-state index contributed by atoms with van der Waals surface area (Å²) >= 11 is 0. The highest BCUT2D eigenvalue weighted by molar-refractivity contribution is 6.06. The minimum atomic E-state index is 0.0194. The fourth-order valence-electron chi connectivity index (χ4n) is 10.2. The van der Waals surface area contributed by atoms with Gasteiger partial charge in [-0.05, 0) is 99.0 Å². The number of aryl methyl sites for hydroxylation is 1. The zero-order chi connectivity index (χ0) is 42.1. The van der Waals surface area contributed by atoms with Crippen LogP contribution in [0.15, 0.2) is 193 Å². The van der Waals surface area contributed by atoms with Gasteiger partial charge >= 0.3 is 0 Å². The molecule has 6 nitrogen and oxygen atoms in total. The first kappa shape index (κ1) is 36.6. The lowest BCUT2D eigenvalue weighted by Crippen LogP contribution is -2.31. The predicted molar refractivity (Wildman–Crippen MR) is 264 cm³/mol. The summed E-state index contributed by atoms with van der Waals surface area (Å²) < 4.78 is 0. The number of fused-ring (bicyclic) bond motifs is 8. The van der Waals surface area contributed by atoms with Crippen molar-refractivity contribution in [2.24, 2.45) is 0 Å². The van der Waals surface area contributed by atoms with E-state index in [0.717, 1.165) is 97.6 Å². The number of nitrogens with one attached hydrogen (secondary N) is 3. The molecule has 5 aromatic carbocycles. The molecule has 6 heteroatoms. The molecular formula is C58H42N6. The van der Waals surface area contributed by atoms with Crippen molar-refractivity contribution in [2.75, 3.05) is 11.9 Å². The van der Waals surface area contributed by atoms with Crippen LogP contribution in [-0.4, -0.2) is 27.5 Å². The highest BCUT2D eigenvalue weighted by Crippen LogP contribution is 2.41. The minimum Gasteiger partial charge on any atom is -0.379 e. The molecule has 0 spiro atoms. The van der Waals surface area contributed by atoms with Crippen LogP contribution in [0.5, 0.6) is 0 Å². The molecule has 0 amide bonds. The molecule has 64 heavy (non-hydrogen) atoms. The third-order valence-electron chi connectivity index (χ3n) is 13.5. The lowest BCUT2D eigenvalue weighted by molar-refractivity contribution is 0.732. The molecule has 13 rings (SSSR count). The highest BCUT2D eigenvalue weighted by atomic mass is 15.0. The lowest BCUT2D eigenvalue weighted by atomic mass is 9.86. The van der Waals surface area contributed by atoms with E-state index in [0.29, 0.717) is 0 Å². The zero-order valence-corrected chi connectivity index (χ0v) is 35.0. The number of nitrogens with zero attached hydrogens (tertiary/aromatic N) is 3. The molecule has 3 aliphatic heterocycles. The summed E-state index contributed by atoms with van der Waals surface area (Å²) in [5.74, 6) is 0. The SMILES string of the molecule is C1=Cc2cc(-c3ccc4ccc(C5=CC=C6C=CC(c7ccc(-c8ccc9c(n8)C8=C(C=CC(c%10ccccc%10)N8)CC9)c8ccccc78)=CC6N5)cc4n3)c3cccnc3c2NC1. The summed E-state index contributed by atoms with van der Waals surface area (Å²) in [5.41, 5.74) is 20.2. The second-order valence-corrected chi connectivity index (χ2v) is 17.2. The Kier molecular flexibility index (Phi) is 8.44. The molecule has 3 N–H and O–H groups in total. The normalized spacial score (nSPS) is 18.2. The molecule has 0 radical (unpaired) electrons. The molecule has 5 aliphatic rings. The van der Waals surface area contributed by atoms with Gasteiger partial charge in [0.2, 0.25) is 0 Å². The van der Waals surface area contributed by atoms with E-state index in [1.165, 1.54) is 44.2 Å². The van der Waals surface area contributed by atoms with E-state index in [-0.39, 0.29) is 12.1 Å². The number of hydrogen-bond donors (Lipinski definition) is 3. The molecule has 8 aromatic rings. The van der Waals surface area contributed by atoms with Gasteiger partial charge in [0.1, 0.15) is 0 Å². The smallest absolute Gasteiger partial charge is 0.0946 e. The Morgan fingerprint density at radius 1 is 0.609 bits per heavy atom. The zero-order valence-electron chi connectivity index (χ0n) is 35.0. The average molecular weight is 823 g/mol. The fraction of sp³-hybridized carbons (Fsp3) is 0.0862. The van der Waals surface area contributed by atoms with Crippen LogP contribution < -0.4 is 16.0 Å². The summed E-state index contributed by atoms with van der Waals surface area (Å²) in [4.78, 5) is 15.5. The molecule has 6 heterocycles. The standard InChI is InChI=1S/C58H42N6/c1-2-8-35(9-3-1)49-27-22-38-16-17-39-23-29-51(64-57(39)56(38)63-49)46-25-24-43(44-11-4-5-12-45(44)46)40-18-14-36-20-26-50(61-53(36)33-40)41-19-15-37-21-28-52(62-54(37)34-41)48-32-42-10-6-30-59-55(42)58-47(48)13-7-31-60-58/h1-15,18-29,31-34,49,53,59,61,63H,16-17,30H2. The summed E-state index contributed by atoms with van der Waals surface area (Å²) in [6.45, 7) is 0.801. The van der Waals surface area contributed by atoms with E-state index in [4.69, 9.17) is 15.0 Å². The Hall–Kier alpha value is -8.09. The number of anilines is 1. The van der Waals surface area contributed by atoms with Crippen LogP contribution in [0, 0.1) is 0 Å². The van der Waals surface area contributed by atoms with Crippen molar-refractivity contribution in [2.45, 2.75) is 24.9 Å². The third-order valence-corrected chi connectivity index (χ3v) is 13.5. The molecule has 0 bridgehead atoms. The van der Waals surface area contributed by atoms with E-state index in [1.54, 1.807) is 0 Å². The molecule has 0 saturated carbocycles. The lowest BCUT2D eigenvalue weighted by Gasteiger charge is -2.30. The van der Waals surface area contributed by atoms with Crippen molar-refractivity contribution in [3.05, 3.63) is 227 Å². The van der Waals surface area contributed by atoms with Crippen molar-refractivity contribution in [1.82, 2.24) is 25.6 Å². The number of dihydropyridines is 2. The first-order chi connectivity index (χ1) is 31.7. The van der Waals surface area contributed by atoms with Crippen LogP contribution in [0.2, 0.25) is 0 Å². The van der Waals surface area contributed by atoms with Crippen molar-refractivity contribution in [1.29, 1.82) is 0 Å². The number of aromatic nitrogens is 3. The van der Waals surface area contributed by atoms with E-state index in [2.05, 4.69) is 192 Å². The summed E-state index contributed by atoms with van der Waals surface area (Å²) in [6, 6.07) is 45.9. The number of hydrogen-bond acceptors (Lipinski definition) is 6. The van der Waals surface area contributed by atoms with E-state index < -0.39 is 0 Å². The fourth-order valence-corrected chi connectivity index (χ4v) is 10.2. The van der Waals surface area contributed by atoms with Crippen LogP contribution in [-0.2, 0) is 6.42 Å². The quantitative estimate of drug-likeness (QED) is 0.161. The van der Waals surface area contributed by atoms with Gasteiger partial charge in [-0.15, -0.1) is 0 Å². The van der Waals surface area contributed by atoms with Gasteiger partial charge in [-0.25, -0.2) is 9.97 Å². The second-order valence-electron chi connectivity index (χ2n) is 17.2. The van der Waals surface area contributed by atoms with Gasteiger partial charge in [-0.3, -0.25) is 4.98 Å². The maximum atomic E-state index is 5.43. The number of benzene rings is 5. The van der Waals surface area contributed by atoms with Gasteiger partial charge in [0, 0.05) is 45.9 Å². The summed E-state index contributed by atoms with van der Waals surface area (Å²) in [7, 11) is 0. The monoisotopic (exact) mass is 822 g/mol. The molecule has 2 unspecified atom stereocenters. The number of pyridine rings is 3. The van der Waals surface area contributed by atoms with Crippen LogP contribution >= 0.6 is 0 Å². The van der Waals surface area contributed by atoms with Gasteiger partial charge in [0.05, 0.1) is 51.6 Å². The van der Waals surface area contributed by atoms with Gasteiger partial charge in [-0.1, -0.05) is 146 Å². The first-order valence-corrected chi connectivity index (χ1v) is 22.3. The predicted octanol–water partition coefficient (Wildman–Crippen LogP) is 12.6. The maximum Gasteiger partial charge on any atom is 0.0946 e. The molecule has 0 fully saturated rings. The summed E-state index contributed by atoms with van der Waals surface area (Å²) in [5, 5.41) is 15.9. The van der Waals surface area contributed by atoms with Crippen LogP contribution in [0.3, 0.4) is 0 Å². The highest BCUT2D eigenvalue weighted by Gasteiger charge is 2.26. The Labute approximate surface area is 371 Å². The molecule has 3 aromatic heterocycles. The Morgan fingerprint density at radius 2 is 1.44 bits per heavy atom. The van der Waals surface area contributed by atoms with E-state index in [1.807, 2.05) is 12.3 Å². The Bertz CT molecular complexity index is 3510. The van der Waals surface area contributed by atoms with Gasteiger partial charge in [-0.2, -0.15) is 0 Å². The molecule has 2 atom stereocenters. The molecule has 304 valence electrons. The van der Waals surface area contributed by atoms with E-state index >= 15 is 0 Å². The summed E-state index contributed by atoms with van der Waals surface area (Å²) in [6.07, 6.45) is 24.1.